The van der Waals surface area contributed by atoms with Crippen LogP contribution in [0.15, 0.2) is 89.8 Å². The van der Waals surface area contributed by atoms with Gasteiger partial charge in [-0.05, 0) is 73.2 Å². The van der Waals surface area contributed by atoms with Crippen molar-refractivity contribution in [1.29, 1.82) is 0 Å². The second-order valence-electron chi connectivity index (χ2n) is 8.36. The van der Waals surface area contributed by atoms with Crippen molar-refractivity contribution >= 4 is 38.1 Å². The molecule has 2 N–H and O–H groups in total. The van der Waals surface area contributed by atoms with Crippen molar-refractivity contribution in [2.24, 2.45) is 0 Å². The molecule has 0 aromatic heterocycles. The third-order valence-corrected chi connectivity index (χ3v) is 7.33. The Bertz CT molecular complexity index is 1460. The van der Waals surface area contributed by atoms with Crippen LogP contribution in [0, 0.1) is 13.8 Å². The fourth-order valence-corrected chi connectivity index (χ4v) is 4.87. The van der Waals surface area contributed by atoms with Crippen molar-refractivity contribution in [2.45, 2.75) is 38.2 Å². The number of amides is 1. The second-order valence-corrected chi connectivity index (χ2v) is 10.0. The van der Waals surface area contributed by atoms with Crippen molar-refractivity contribution in [2.75, 3.05) is 10.0 Å². The highest BCUT2D eigenvalue weighted by Crippen LogP contribution is 2.26. The zero-order chi connectivity index (χ0) is 25.0. The van der Waals surface area contributed by atoms with E-state index in [1.807, 2.05) is 75.4 Å². The van der Waals surface area contributed by atoms with E-state index in [4.69, 9.17) is 4.74 Å². The minimum absolute atomic E-state index is 0.0992. The second kappa shape index (κ2) is 10.2. The molecule has 0 aliphatic rings. The summed E-state index contributed by atoms with van der Waals surface area (Å²) in [5.74, 6) is 0.380. The summed E-state index contributed by atoms with van der Waals surface area (Å²) in [4.78, 5) is 12.9. The lowest BCUT2D eigenvalue weighted by Gasteiger charge is -2.19. The summed E-state index contributed by atoms with van der Waals surface area (Å²) < 4.78 is 34.6. The molecule has 1 atom stereocenters. The Balaban J connectivity index is 1.46. The number of hydrogen-bond donors (Lipinski definition) is 2. The van der Waals surface area contributed by atoms with Crippen LogP contribution in [0.1, 0.15) is 24.5 Å². The van der Waals surface area contributed by atoms with Crippen molar-refractivity contribution < 1.29 is 17.9 Å². The zero-order valence-electron chi connectivity index (χ0n) is 19.9. The molecule has 0 aliphatic heterocycles. The van der Waals surface area contributed by atoms with E-state index in [-0.39, 0.29) is 10.8 Å². The summed E-state index contributed by atoms with van der Waals surface area (Å²) >= 11 is 0. The number of sulfonamides is 1. The van der Waals surface area contributed by atoms with Crippen molar-refractivity contribution in [3.63, 3.8) is 0 Å². The summed E-state index contributed by atoms with van der Waals surface area (Å²) in [5.41, 5.74) is 3.08. The third kappa shape index (κ3) is 5.46. The van der Waals surface area contributed by atoms with E-state index in [9.17, 15) is 13.2 Å². The van der Waals surface area contributed by atoms with Gasteiger partial charge < -0.3 is 10.1 Å². The van der Waals surface area contributed by atoms with E-state index < -0.39 is 16.1 Å². The molecule has 0 bridgehead atoms. The fraction of sp³-hybridized carbons (Fsp3) is 0.179. The quantitative estimate of drug-likeness (QED) is 0.316. The van der Waals surface area contributed by atoms with Gasteiger partial charge >= 0.3 is 0 Å². The number of ether oxygens (including phenoxy) is 1. The van der Waals surface area contributed by atoms with Crippen LogP contribution in [-0.4, -0.2) is 20.4 Å². The van der Waals surface area contributed by atoms with Gasteiger partial charge in [0, 0.05) is 11.1 Å². The van der Waals surface area contributed by atoms with Gasteiger partial charge in [0.25, 0.3) is 15.9 Å². The standard InChI is InChI=1S/C28H28N2O4S/c1-4-26(34-27-14-7-9-19(2)20(27)3)28(31)29-22-15-17-23(18-16-22)35(32,33)30-25-13-8-11-21-10-5-6-12-24(21)25/h5-18,26,30H,4H2,1-3H3,(H,29,31)/t26-/m1/s1. The van der Waals surface area contributed by atoms with Gasteiger partial charge in [0.2, 0.25) is 0 Å². The minimum atomic E-state index is -3.81. The van der Waals surface area contributed by atoms with Gasteiger partial charge in [-0.3, -0.25) is 9.52 Å². The van der Waals surface area contributed by atoms with Crippen LogP contribution in [0.5, 0.6) is 5.75 Å². The van der Waals surface area contributed by atoms with Crippen LogP contribution in [0.2, 0.25) is 0 Å². The van der Waals surface area contributed by atoms with Crippen LogP contribution < -0.4 is 14.8 Å². The fourth-order valence-electron chi connectivity index (χ4n) is 3.79. The van der Waals surface area contributed by atoms with Gasteiger partial charge in [-0.1, -0.05) is 55.5 Å². The van der Waals surface area contributed by atoms with E-state index in [2.05, 4.69) is 10.0 Å². The molecule has 0 saturated carbocycles. The number of rotatable bonds is 8. The van der Waals surface area contributed by atoms with Gasteiger partial charge in [-0.15, -0.1) is 0 Å². The molecule has 0 fully saturated rings. The van der Waals surface area contributed by atoms with Crippen LogP contribution in [0.25, 0.3) is 10.8 Å². The Morgan fingerprint density at radius 2 is 1.57 bits per heavy atom. The number of carbonyl (C=O) groups is 1. The van der Waals surface area contributed by atoms with E-state index in [1.54, 1.807) is 18.2 Å². The van der Waals surface area contributed by atoms with Crippen molar-refractivity contribution in [1.82, 2.24) is 0 Å². The lowest BCUT2D eigenvalue weighted by Crippen LogP contribution is -2.32. The molecule has 7 heteroatoms. The smallest absolute Gasteiger partial charge is 0.265 e. The Labute approximate surface area is 206 Å². The summed E-state index contributed by atoms with van der Waals surface area (Å²) in [6.07, 6.45) is -0.187. The summed E-state index contributed by atoms with van der Waals surface area (Å²) in [5, 5.41) is 4.58. The number of carbonyl (C=O) groups excluding carboxylic acids is 1. The van der Waals surface area contributed by atoms with E-state index in [0.717, 1.165) is 21.9 Å². The number of benzene rings is 4. The van der Waals surface area contributed by atoms with Crippen LogP contribution in [0.4, 0.5) is 11.4 Å². The molecule has 4 aromatic rings. The van der Waals surface area contributed by atoms with Gasteiger partial charge in [-0.25, -0.2) is 8.42 Å². The zero-order valence-corrected chi connectivity index (χ0v) is 20.7. The molecule has 0 heterocycles. The van der Waals surface area contributed by atoms with Crippen molar-refractivity contribution in [3.8, 4) is 5.75 Å². The largest absolute Gasteiger partial charge is 0.480 e. The predicted octanol–water partition coefficient (Wildman–Crippen LogP) is 6.05. The molecule has 4 rings (SSSR count). The Hall–Kier alpha value is -3.84. The highest BCUT2D eigenvalue weighted by molar-refractivity contribution is 7.92. The third-order valence-electron chi connectivity index (χ3n) is 5.95. The lowest BCUT2D eigenvalue weighted by atomic mass is 10.1. The highest BCUT2D eigenvalue weighted by Gasteiger charge is 2.21. The molecule has 6 nitrogen and oxygen atoms in total. The van der Waals surface area contributed by atoms with Crippen LogP contribution in [0.3, 0.4) is 0 Å². The molecule has 0 radical (unpaired) electrons. The topological polar surface area (TPSA) is 84.5 Å². The number of hydrogen-bond acceptors (Lipinski definition) is 4. The van der Waals surface area contributed by atoms with Crippen molar-refractivity contribution in [3.05, 3.63) is 96.1 Å². The highest BCUT2D eigenvalue weighted by atomic mass is 32.2. The summed E-state index contributed by atoms with van der Waals surface area (Å²) in [6, 6.07) is 24.9. The predicted molar refractivity (Wildman–Crippen MR) is 140 cm³/mol. The molecular formula is C28H28N2O4S. The Kier molecular flexibility index (Phi) is 7.07. The summed E-state index contributed by atoms with van der Waals surface area (Å²) in [6.45, 7) is 5.83. The van der Waals surface area contributed by atoms with Crippen LogP contribution >= 0.6 is 0 Å². The molecule has 0 aliphatic carbocycles. The maximum absolute atomic E-state index is 13.0. The first-order valence-corrected chi connectivity index (χ1v) is 12.9. The molecule has 4 aromatic carbocycles. The number of fused-ring (bicyclic) bond motifs is 1. The Morgan fingerprint density at radius 3 is 2.31 bits per heavy atom. The molecule has 1 amide bonds. The van der Waals surface area contributed by atoms with Gasteiger partial charge in [0.1, 0.15) is 5.75 Å². The van der Waals surface area contributed by atoms with Crippen LogP contribution in [-0.2, 0) is 14.8 Å². The maximum atomic E-state index is 13.0. The average Bonchev–Trinajstić information content (AvgIpc) is 2.85. The molecule has 0 saturated heterocycles. The summed E-state index contributed by atoms with van der Waals surface area (Å²) in [7, 11) is -3.81. The maximum Gasteiger partial charge on any atom is 0.265 e. The first-order chi connectivity index (χ1) is 16.8. The number of nitrogens with one attached hydrogen (secondary N) is 2. The van der Waals surface area contributed by atoms with Gasteiger partial charge in [0.05, 0.1) is 10.6 Å². The lowest BCUT2D eigenvalue weighted by molar-refractivity contribution is -0.122. The monoisotopic (exact) mass is 488 g/mol. The van der Waals surface area contributed by atoms with E-state index in [1.165, 1.54) is 12.1 Å². The molecule has 0 unspecified atom stereocenters. The van der Waals surface area contributed by atoms with E-state index >= 15 is 0 Å². The average molecular weight is 489 g/mol. The van der Waals surface area contributed by atoms with Gasteiger partial charge in [0.15, 0.2) is 6.10 Å². The normalized spacial score (nSPS) is 12.2. The molecule has 0 spiro atoms. The Morgan fingerprint density at radius 1 is 0.886 bits per heavy atom. The molecule has 180 valence electrons. The molecule has 35 heavy (non-hydrogen) atoms. The first kappa shape index (κ1) is 24.3. The molecular weight excluding hydrogens is 460 g/mol. The number of anilines is 2. The first-order valence-electron chi connectivity index (χ1n) is 11.4. The number of aryl methyl sites for hydroxylation is 1. The SMILES string of the molecule is CC[C@@H](Oc1cccc(C)c1C)C(=O)Nc1ccc(S(=O)(=O)Nc2cccc3ccccc23)cc1. The minimum Gasteiger partial charge on any atom is -0.480 e. The van der Waals surface area contributed by atoms with Gasteiger partial charge in [-0.2, -0.15) is 0 Å². The van der Waals surface area contributed by atoms with E-state index in [0.29, 0.717) is 23.5 Å².